The van der Waals surface area contributed by atoms with E-state index in [-0.39, 0.29) is 17.1 Å². The number of amides is 1. The second kappa shape index (κ2) is 5.92. The van der Waals surface area contributed by atoms with E-state index in [1.165, 1.54) is 4.90 Å². The summed E-state index contributed by atoms with van der Waals surface area (Å²) >= 11 is 1.73. The van der Waals surface area contributed by atoms with Crippen LogP contribution >= 0.6 is 11.8 Å². The van der Waals surface area contributed by atoms with Crippen molar-refractivity contribution in [3.05, 3.63) is 52.5 Å². The third-order valence-corrected chi connectivity index (χ3v) is 6.72. The maximum absolute atomic E-state index is 13.1. The molecule has 0 radical (unpaired) electrons. The molecule has 1 saturated heterocycles. The number of hydrogen-bond acceptors (Lipinski definition) is 3. The maximum Gasteiger partial charge on any atom is 0.219 e. The number of Topliss-reactive ketones (excluding diaryl/α,β-unsaturated/α-hetero) is 1. The van der Waals surface area contributed by atoms with Crippen LogP contribution in [0, 0.1) is 5.41 Å². The molecule has 0 bridgehead atoms. The SMILES string of the molecule is CC(=O)N1CCC2(CC=CC3=C2C(=O)Cc2ccccc2S3)CC1. The fourth-order valence-electron chi connectivity index (χ4n) is 4.19. The van der Waals surface area contributed by atoms with Crippen LogP contribution in [0.4, 0.5) is 0 Å². The second-order valence-corrected chi connectivity index (χ2v) is 8.03. The highest BCUT2D eigenvalue weighted by Crippen LogP contribution is 2.51. The number of allylic oxidation sites excluding steroid dienone is 3. The third-order valence-electron chi connectivity index (χ3n) is 5.54. The summed E-state index contributed by atoms with van der Waals surface area (Å²) in [6, 6.07) is 8.22. The molecule has 1 aromatic rings. The highest BCUT2D eigenvalue weighted by atomic mass is 32.2. The molecule has 1 amide bonds. The molecule has 4 rings (SSSR count). The van der Waals surface area contributed by atoms with Gasteiger partial charge in [-0.2, -0.15) is 0 Å². The summed E-state index contributed by atoms with van der Waals surface area (Å²) in [5, 5.41) is 0. The van der Waals surface area contributed by atoms with Crippen LogP contribution in [0.15, 0.2) is 51.8 Å². The number of likely N-dealkylation sites (tertiary alicyclic amines) is 1. The normalized spacial score (nSPS) is 22.2. The van der Waals surface area contributed by atoms with Crippen molar-refractivity contribution in [1.82, 2.24) is 4.90 Å². The van der Waals surface area contributed by atoms with E-state index in [4.69, 9.17) is 0 Å². The molecule has 124 valence electrons. The minimum Gasteiger partial charge on any atom is -0.343 e. The van der Waals surface area contributed by atoms with Gasteiger partial charge in [0.2, 0.25) is 5.91 Å². The second-order valence-electron chi connectivity index (χ2n) is 6.94. The van der Waals surface area contributed by atoms with E-state index in [1.807, 2.05) is 17.0 Å². The van der Waals surface area contributed by atoms with E-state index in [0.717, 1.165) is 48.4 Å². The number of ketones is 1. The third kappa shape index (κ3) is 2.53. The molecule has 24 heavy (non-hydrogen) atoms. The Hall–Kier alpha value is -1.81. The van der Waals surface area contributed by atoms with Gasteiger partial charge in [-0.3, -0.25) is 9.59 Å². The average molecular weight is 339 g/mol. The van der Waals surface area contributed by atoms with Crippen LogP contribution in [0.3, 0.4) is 0 Å². The Kier molecular flexibility index (Phi) is 3.87. The van der Waals surface area contributed by atoms with Crippen LogP contribution in [0.25, 0.3) is 0 Å². The molecular formula is C20H21NO2S. The molecule has 2 aliphatic heterocycles. The number of rotatable bonds is 0. The van der Waals surface area contributed by atoms with E-state index >= 15 is 0 Å². The largest absolute Gasteiger partial charge is 0.343 e. The van der Waals surface area contributed by atoms with Crippen LogP contribution in [0.5, 0.6) is 0 Å². The highest BCUT2D eigenvalue weighted by Gasteiger charge is 2.43. The number of fused-ring (bicyclic) bond motifs is 2. The molecule has 0 N–H and O–H groups in total. The minimum atomic E-state index is -0.0812. The Balaban J connectivity index is 1.71. The monoisotopic (exact) mass is 339 g/mol. The van der Waals surface area contributed by atoms with Gasteiger partial charge in [0.1, 0.15) is 0 Å². The number of nitrogens with zero attached hydrogens (tertiary/aromatic N) is 1. The number of hydrogen-bond donors (Lipinski definition) is 0. The first-order valence-electron chi connectivity index (χ1n) is 8.55. The lowest BCUT2D eigenvalue weighted by Gasteiger charge is -2.44. The number of benzene rings is 1. The molecular weight excluding hydrogens is 318 g/mol. The van der Waals surface area contributed by atoms with Crippen molar-refractivity contribution in [3.63, 3.8) is 0 Å². The summed E-state index contributed by atoms with van der Waals surface area (Å²) in [5.74, 6) is 0.405. The zero-order valence-corrected chi connectivity index (χ0v) is 14.7. The molecule has 3 nitrogen and oxygen atoms in total. The van der Waals surface area contributed by atoms with Gasteiger partial charge >= 0.3 is 0 Å². The minimum absolute atomic E-state index is 0.0812. The molecule has 0 unspecified atom stereocenters. The van der Waals surface area contributed by atoms with E-state index in [0.29, 0.717) is 6.42 Å². The van der Waals surface area contributed by atoms with Gasteiger partial charge in [-0.25, -0.2) is 0 Å². The summed E-state index contributed by atoms with van der Waals surface area (Å²) in [6.45, 7) is 3.14. The van der Waals surface area contributed by atoms with Crippen molar-refractivity contribution in [1.29, 1.82) is 0 Å². The van der Waals surface area contributed by atoms with Gasteiger partial charge in [-0.15, -0.1) is 0 Å². The Bertz CT molecular complexity index is 770. The fourth-order valence-corrected chi connectivity index (χ4v) is 5.44. The number of carbonyl (C=O) groups is 2. The summed E-state index contributed by atoms with van der Waals surface area (Å²) in [4.78, 5) is 29.0. The molecule has 3 aliphatic rings. The van der Waals surface area contributed by atoms with E-state index in [9.17, 15) is 9.59 Å². The van der Waals surface area contributed by atoms with Gasteiger partial charge in [0.05, 0.1) is 0 Å². The first kappa shape index (κ1) is 15.7. The van der Waals surface area contributed by atoms with Gasteiger partial charge in [0.25, 0.3) is 0 Å². The lowest BCUT2D eigenvalue weighted by atomic mass is 9.66. The average Bonchev–Trinajstić information content (AvgIpc) is 2.71. The first-order chi connectivity index (χ1) is 11.6. The van der Waals surface area contributed by atoms with Crippen LogP contribution < -0.4 is 0 Å². The molecule has 1 spiro atoms. The van der Waals surface area contributed by atoms with E-state index in [2.05, 4.69) is 24.3 Å². The standard InChI is InChI=1S/C20H21NO2S/c1-14(22)21-11-9-20(10-12-21)8-4-7-18-19(20)16(23)13-15-5-2-3-6-17(15)24-18/h2-7H,8-13H2,1H3. The van der Waals surface area contributed by atoms with Crippen molar-refractivity contribution in [2.75, 3.05) is 13.1 Å². The van der Waals surface area contributed by atoms with E-state index < -0.39 is 0 Å². The fraction of sp³-hybridized carbons (Fsp3) is 0.400. The van der Waals surface area contributed by atoms with Gasteiger partial charge < -0.3 is 4.90 Å². The van der Waals surface area contributed by atoms with Gasteiger partial charge in [-0.1, -0.05) is 42.1 Å². The predicted octanol–water partition coefficient (Wildman–Crippen LogP) is 3.75. The molecule has 1 fully saturated rings. The lowest BCUT2D eigenvalue weighted by Crippen LogP contribution is -2.45. The maximum atomic E-state index is 13.1. The smallest absolute Gasteiger partial charge is 0.219 e. The molecule has 0 saturated carbocycles. The molecule has 0 atom stereocenters. The topological polar surface area (TPSA) is 37.4 Å². The molecule has 0 aromatic heterocycles. The Morgan fingerprint density at radius 3 is 2.71 bits per heavy atom. The van der Waals surface area contributed by atoms with Gasteiger partial charge in [0, 0.05) is 47.2 Å². The van der Waals surface area contributed by atoms with Gasteiger partial charge in [-0.05, 0) is 30.9 Å². The quantitative estimate of drug-likeness (QED) is 0.722. The molecule has 1 aromatic carbocycles. The zero-order valence-electron chi connectivity index (χ0n) is 13.9. The lowest BCUT2D eigenvalue weighted by molar-refractivity contribution is -0.130. The Labute approximate surface area is 146 Å². The molecule has 2 heterocycles. The molecule has 1 aliphatic carbocycles. The van der Waals surface area contributed by atoms with Crippen molar-refractivity contribution in [2.24, 2.45) is 5.41 Å². The van der Waals surface area contributed by atoms with Gasteiger partial charge in [0.15, 0.2) is 5.78 Å². The van der Waals surface area contributed by atoms with Crippen molar-refractivity contribution < 1.29 is 9.59 Å². The first-order valence-corrected chi connectivity index (χ1v) is 9.36. The highest BCUT2D eigenvalue weighted by molar-refractivity contribution is 8.03. The summed E-state index contributed by atoms with van der Waals surface area (Å²) < 4.78 is 0. The number of piperidine rings is 1. The van der Waals surface area contributed by atoms with Crippen molar-refractivity contribution in [2.45, 2.75) is 37.5 Å². The summed E-state index contributed by atoms with van der Waals surface area (Å²) in [5.41, 5.74) is 2.07. The molecule has 4 heteroatoms. The zero-order chi connectivity index (χ0) is 16.7. The van der Waals surface area contributed by atoms with Crippen LogP contribution in [0.1, 0.15) is 31.7 Å². The van der Waals surface area contributed by atoms with E-state index in [1.54, 1.807) is 18.7 Å². The summed E-state index contributed by atoms with van der Waals surface area (Å²) in [6.07, 6.45) is 7.53. The van der Waals surface area contributed by atoms with Crippen molar-refractivity contribution in [3.8, 4) is 0 Å². The number of carbonyl (C=O) groups excluding carboxylic acids is 2. The predicted molar refractivity (Wildman–Crippen MR) is 95.7 cm³/mol. The van der Waals surface area contributed by atoms with Crippen LogP contribution in [-0.2, 0) is 16.0 Å². The summed E-state index contributed by atoms with van der Waals surface area (Å²) in [7, 11) is 0. The van der Waals surface area contributed by atoms with Crippen LogP contribution in [-0.4, -0.2) is 29.7 Å². The van der Waals surface area contributed by atoms with Crippen LogP contribution in [0.2, 0.25) is 0 Å². The Morgan fingerprint density at radius 2 is 1.96 bits per heavy atom. The number of thioether (sulfide) groups is 1. The Morgan fingerprint density at radius 1 is 1.21 bits per heavy atom. The van der Waals surface area contributed by atoms with Crippen molar-refractivity contribution >= 4 is 23.5 Å².